The molecule has 25 heavy (non-hydrogen) atoms. The highest BCUT2D eigenvalue weighted by Crippen LogP contribution is 2.27. The number of thioether (sulfide) groups is 2. The SMILES string of the molecule is CSc1cnc(/C=C2\CCC/C(=C\c3cnc(SC)cn3)C2=O)cn1. The zero-order chi connectivity index (χ0) is 17.6. The molecule has 0 unspecified atom stereocenters. The molecule has 7 heteroatoms. The molecule has 0 bridgehead atoms. The molecule has 0 atom stereocenters. The lowest BCUT2D eigenvalue weighted by Gasteiger charge is -2.16. The minimum Gasteiger partial charge on any atom is -0.289 e. The highest BCUT2D eigenvalue weighted by molar-refractivity contribution is 7.98. The first-order valence-electron chi connectivity index (χ1n) is 7.87. The number of hydrogen-bond donors (Lipinski definition) is 0. The van der Waals surface area contributed by atoms with Crippen LogP contribution < -0.4 is 0 Å². The van der Waals surface area contributed by atoms with Crippen LogP contribution >= 0.6 is 23.5 Å². The van der Waals surface area contributed by atoms with Gasteiger partial charge in [-0.15, -0.1) is 23.5 Å². The fraction of sp³-hybridized carbons (Fsp3) is 0.278. The summed E-state index contributed by atoms with van der Waals surface area (Å²) in [6, 6.07) is 0. The second-order valence-corrected chi connectivity index (χ2v) is 7.14. The van der Waals surface area contributed by atoms with Gasteiger partial charge in [0.1, 0.15) is 10.1 Å². The van der Waals surface area contributed by atoms with E-state index < -0.39 is 0 Å². The summed E-state index contributed by atoms with van der Waals surface area (Å²) in [5.41, 5.74) is 2.98. The summed E-state index contributed by atoms with van der Waals surface area (Å²) < 4.78 is 0. The smallest absolute Gasteiger partial charge is 0.185 e. The molecule has 2 aromatic rings. The first-order valence-corrected chi connectivity index (χ1v) is 10.3. The topological polar surface area (TPSA) is 68.6 Å². The maximum Gasteiger partial charge on any atom is 0.185 e. The summed E-state index contributed by atoms with van der Waals surface area (Å²) in [6.07, 6.45) is 16.9. The second-order valence-electron chi connectivity index (χ2n) is 5.49. The molecule has 0 radical (unpaired) electrons. The maximum absolute atomic E-state index is 12.7. The van der Waals surface area contributed by atoms with Crippen molar-refractivity contribution in [3.05, 3.63) is 47.3 Å². The van der Waals surface area contributed by atoms with Crippen molar-refractivity contribution in [3.63, 3.8) is 0 Å². The summed E-state index contributed by atoms with van der Waals surface area (Å²) in [5, 5.41) is 1.73. The van der Waals surface area contributed by atoms with E-state index in [4.69, 9.17) is 0 Å². The van der Waals surface area contributed by atoms with Gasteiger partial charge in [-0.05, 0) is 43.9 Å². The molecule has 1 fully saturated rings. The molecule has 3 rings (SSSR count). The Morgan fingerprint density at radius 1 is 0.800 bits per heavy atom. The molecule has 0 saturated heterocycles. The molecule has 0 spiro atoms. The number of Topliss-reactive ketones (excluding diaryl/α,β-unsaturated/α-hetero) is 1. The highest BCUT2D eigenvalue weighted by Gasteiger charge is 2.21. The number of aromatic nitrogens is 4. The number of carbonyl (C=O) groups is 1. The van der Waals surface area contributed by atoms with Crippen molar-refractivity contribution in [2.24, 2.45) is 0 Å². The quantitative estimate of drug-likeness (QED) is 0.596. The Labute approximate surface area is 155 Å². The predicted octanol–water partition coefficient (Wildman–Crippen LogP) is 3.93. The average molecular weight is 371 g/mol. The third kappa shape index (κ3) is 4.55. The van der Waals surface area contributed by atoms with E-state index in [2.05, 4.69) is 19.9 Å². The molecule has 1 aliphatic rings. The fourth-order valence-electron chi connectivity index (χ4n) is 2.55. The van der Waals surface area contributed by atoms with Crippen LogP contribution in [0.15, 0.2) is 46.0 Å². The number of carbonyl (C=O) groups excluding carboxylic acids is 1. The van der Waals surface area contributed by atoms with Gasteiger partial charge < -0.3 is 0 Å². The average Bonchev–Trinajstić information content (AvgIpc) is 2.66. The molecule has 0 amide bonds. The van der Waals surface area contributed by atoms with Gasteiger partial charge in [-0.25, -0.2) is 9.97 Å². The van der Waals surface area contributed by atoms with Gasteiger partial charge in [0.2, 0.25) is 0 Å². The van der Waals surface area contributed by atoms with Crippen molar-refractivity contribution < 1.29 is 4.79 Å². The Hall–Kier alpha value is -1.99. The highest BCUT2D eigenvalue weighted by atomic mass is 32.2. The van der Waals surface area contributed by atoms with Crippen LogP contribution in [0.4, 0.5) is 0 Å². The molecule has 1 aliphatic carbocycles. The van der Waals surface area contributed by atoms with E-state index >= 15 is 0 Å². The monoisotopic (exact) mass is 370 g/mol. The first-order chi connectivity index (χ1) is 12.2. The van der Waals surface area contributed by atoms with Gasteiger partial charge >= 0.3 is 0 Å². The molecule has 5 nitrogen and oxygen atoms in total. The van der Waals surface area contributed by atoms with Gasteiger partial charge in [0.25, 0.3) is 0 Å². The van der Waals surface area contributed by atoms with Crippen LogP contribution in [-0.2, 0) is 4.79 Å². The van der Waals surface area contributed by atoms with Crippen LogP contribution in [0, 0.1) is 0 Å². The second kappa shape index (κ2) is 8.40. The summed E-state index contributed by atoms with van der Waals surface area (Å²) in [5.74, 6) is 0.0673. The van der Waals surface area contributed by atoms with Crippen molar-refractivity contribution in [2.75, 3.05) is 12.5 Å². The van der Waals surface area contributed by atoms with Crippen LogP contribution in [0.5, 0.6) is 0 Å². The molecule has 1 saturated carbocycles. The van der Waals surface area contributed by atoms with Gasteiger partial charge in [0.05, 0.1) is 36.2 Å². The molecular formula is C18H18N4OS2. The largest absolute Gasteiger partial charge is 0.289 e. The van der Waals surface area contributed by atoms with E-state index in [-0.39, 0.29) is 5.78 Å². The summed E-state index contributed by atoms with van der Waals surface area (Å²) >= 11 is 3.09. The number of rotatable bonds is 4. The zero-order valence-electron chi connectivity index (χ0n) is 14.1. The maximum atomic E-state index is 12.7. The third-order valence-electron chi connectivity index (χ3n) is 3.83. The van der Waals surface area contributed by atoms with Crippen molar-refractivity contribution in [2.45, 2.75) is 29.3 Å². The van der Waals surface area contributed by atoms with E-state index in [1.54, 1.807) is 48.3 Å². The number of allylic oxidation sites excluding steroid dienone is 2. The Kier molecular flexibility index (Phi) is 5.99. The van der Waals surface area contributed by atoms with Gasteiger partial charge in [0.15, 0.2) is 5.78 Å². The predicted molar refractivity (Wildman–Crippen MR) is 102 cm³/mol. The van der Waals surface area contributed by atoms with Crippen molar-refractivity contribution >= 4 is 41.5 Å². The van der Waals surface area contributed by atoms with Crippen molar-refractivity contribution in [3.8, 4) is 0 Å². The minimum absolute atomic E-state index is 0.0673. The van der Waals surface area contributed by atoms with Gasteiger partial charge in [0, 0.05) is 11.1 Å². The van der Waals surface area contributed by atoms with Gasteiger partial charge in [-0.1, -0.05) is 0 Å². The number of hydrogen-bond acceptors (Lipinski definition) is 7. The fourth-order valence-corrected chi connectivity index (χ4v) is 3.18. The zero-order valence-corrected chi connectivity index (χ0v) is 15.7. The Bertz CT molecular complexity index is 746. The van der Waals surface area contributed by atoms with E-state index in [0.29, 0.717) is 11.4 Å². The molecule has 2 aromatic heterocycles. The van der Waals surface area contributed by atoms with Crippen LogP contribution in [0.1, 0.15) is 30.7 Å². The van der Waals surface area contributed by atoms with Crippen molar-refractivity contribution in [1.82, 2.24) is 19.9 Å². The van der Waals surface area contributed by atoms with E-state index in [0.717, 1.165) is 40.5 Å². The standard InChI is InChI=1S/C18H18N4OS2/c1-24-16-10-19-14(8-21-16)6-12-4-3-5-13(18(12)23)7-15-9-22-17(25-2)11-20-15/h6-11H,3-5H2,1-2H3/b12-6+,13-7+. The van der Waals surface area contributed by atoms with Crippen LogP contribution in [0.2, 0.25) is 0 Å². The number of ketones is 1. The summed E-state index contributed by atoms with van der Waals surface area (Å²) in [7, 11) is 0. The third-order valence-corrected chi connectivity index (χ3v) is 5.09. The molecule has 0 aromatic carbocycles. The van der Waals surface area contributed by atoms with Gasteiger partial charge in [-0.3, -0.25) is 14.8 Å². The van der Waals surface area contributed by atoms with Crippen molar-refractivity contribution in [1.29, 1.82) is 0 Å². The Balaban J connectivity index is 1.81. The lowest BCUT2D eigenvalue weighted by Crippen LogP contribution is -2.12. The Morgan fingerprint density at radius 2 is 1.28 bits per heavy atom. The minimum atomic E-state index is 0.0673. The van der Waals surface area contributed by atoms with E-state index in [9.17, 15) is 4.79 Å². The lowest BCUT2D eigenvalue weighted by molar-refractivity contribution is -0.112. The van der Waals surface area contributed by atoms with Crippen LogP contribution in [0.25, 0.3) is 12.2 Å². The van der Waals surface area contributed by atoms with Gasteiger partial charge in [-0.2, -0.15) is 0 Å². The summed E-state index contributed by atoms with van der Waals surface area (Å²) in [4.78, 5) is 30.0. The Morgan fingerprint density at radius 3 is 1.64 bits per heavy atom. The number of nitrogens with zero attached hydrogens (tertiary/aromatic N) is 4. The van der Waals surface area contributed by atoms with E-state index in [1.165, 1.54) is 0 Å². The molecule has 2 heterocycles. The molecule has 0 N–H and O–H groups in total. The lowest BCUT2D eigenvalue weighted by atomic mass is 9.88. The first kappa shape index (κ1) is 17.8. The summed E-state index contributed by atoms with van der Waals surface area (Å²) in [6.45, 7) is 0. The van der Waals surface area contributed by atoms with E-state index in [1.807, 2.05) is 24.7 Å². The van der Waals surface area contributed by atoms with Crippen LogP contribution in [-0.4, -0.2) is 38.2 Å². The molecule has 128 valence electrons. The molecular weight excluding hydrogens is 352 g/mol. The normalized spacial score (nSPS) is 18.1. The molecule has 0 aliphatic heterocycles. The van der Waals surface area contributed by atoms with Crippen LogP contribution in [0.3, 0.4) is 0 Å².